The van der Waals surface area contributed by atoms with E-state index in [1.165, 1.54) is 0 Å². The normalized spacial score (nSPS) is 11.2. The summed E-state index contributed by atoms with van der Waals surface area (Å²) in [7, 11) is 0. The molecule has 2 aromatic heterocycles. The van der Waals surface area contributed by atoms with Crippen LogP contribution in [0.1, 0.15) is 38.1 Å². The lowest BCUT2D eigenvalue weighted by Gasteiger charge is -2.05. The summed E-state index contributed by atoms with van der Waals surface area (Å²) >= 11 is 0. The van der Waals surface area contributed by atoms with Crippen LogP contribution in [0.25, 0.3) is 0 Å². The van der Waals surface area contributed by atoms with E-state index < -0.39 is 0 Å². The Labute approximate surface area is 113 Å². The van der Waals surface area contributed by atoms with E-state index in [9.17, 15) is 0 Å². The zero-order valence-electron chi connectivity index (χ0n) is 11.7. The lowest BCUT2D eigenvalue weighted by molar-refractivity contribution is 0.267. The maximum Gasteiger partial charge on any atom is 0.157 e. The molecular formula is C14H21N3O2. The Morgan fingerprint density at radius 3 is 3.00 bits per heavy atom. The van der Waals surface area contributed by atoms with E-state index in [1.807, 2.05) is 16.9 Å². The van der Waals surface area contributed by atoms with Gasteiger partial charge in [0.1, 0.15) is 12.4 Å². The molecule has 1 N–H and O–H groups in total. The molecule has 0 radical (unpaired) electrons. The van der Waals surface area contributed by atoms with E-state index in [0.29, 0.717) is 12.6 Å². The standard InChI is InChI=1S/C14H21N3O2/c1-4-15-7-12-5-6-18-14(12)10-19-13-8-16-17(9-13)11(2)3/h5-6,8-9,11,15H,4,7,10H2,1-3H3. The minimum Gasteiger partial charge on any atom is -0.482 e. The predicted molar refractivity (Wildman–Crippen MR) is 73.0 cm³/mol. The summed E-state index contributed by atoms with van der Waals surface area (Å²) in [5.74, 6) is 1.62. The van der Waals surface area contributed by atoms with Gasteiger partial charge in [-0.25, -0.2) is 0 Å². The Balaban J connectivity index is 1.92. The van der Waals surface area contributed by atoms with E-state index in [1.54, 1.807) is 12.5 Å². The van der Waals surface area contributed by atoms with Gasteiger partial charge < -0.3 is 14.5 Å². The van der Waals surface area contributed by atoms with Crippen LogP contribution in [-0.2, 0) is 13.2 Å². The fourth-order valence-electron chi connectivity index (χ4n) is 1.74. The second kappa shape index (κ2) is 6.43. The van der Waals surface area contributed by atoms with Crippen LogP contribution in [0.2, 0.25) is 0 Å². The summed E-state index contributed by atoms with van der Waals surface area (Å²) in [6.07, 6.45) is 5.33. The van der Waals surface area contributed by atoms with E-state index >= 15 is 0 Å². The second-order valence-corrected chi connectivity index (χ2v) is 4.69. The van der Waals surface area contributed by atoms with Crippen LogP contribution in [0.4, 0.5) is 0 Å². The third kappa shape index (κ3) is 3.61. The van der Waals surface area contributed by atoms with Crippen molar-refractivity contribution in [3.8, 4) is 5.75 Å². The van der Waals surface area contributed by atoms with Crippen molar-refractivity contribution in [2.24, 2.45) is 0 Å². The van der Waals surface area contributed by atoms with Crippen LogP contribution >= 0.6 is 0 Å². The first-order valence-electron chi connectivity index (χ1n) is 6.63. The lowest BCUT2D eigenvalue weighted by atomic mass is 10.2. The number of rotatable bonds is 7. The summed E-state index contributed by atoms with van der Waals surface area (Å²) in [5.41, 5.74) is 1.14. The van der Waals surface area contributed by atoms with E-state index in [-0.39, 0.29) is 0 Å². The number of furan rings is 1. The van der Waals surface area contributed by atoms with Crippen molar-refractivity contribution < 1.29 is 9.15 Å². The molecule has 0 aliphatic heterocycles. The first kappa shape index (κ1) is 13.7. The maximum absolute atomic E-state index is 5.70. The van der Waals surface area contributed by atoms with Gasteiger partial charge in [0.25, 0.3) is 0 Å². The molecule has 0 bridgehead atoms. The van der Waals surface area contributed by atoms with Crippen LogP contribution < -0.4 is 10.1 Å². The summed E-state index contributed by atoms with van der Waals surface area (Å²) in [5, 5.41) is 7.51. The van der Waals surface area contributed by atoms with E-state index in [0.717, 1.165) is 30.2 Å². The van der Waals surface area contributed by atoms with Crippen molar-refractivity contribution in [1.82, 2.24) is 15.1 Å². The first-order valence-corrected chi connectivity index (χ1v) is 6.63. The Bertz CT molecular complexity index is 502. The largest absolute Gasteiger partial charge is 0.482 e. The molecule has 0 amide bonds. The predicted octanol–water partition coefficient (Wildman–Crippen LogP) is 2.75. The third-order valence-corrected chi connectivity index (χ3v) is 2.88. The Morgan fingerprint density at radius 2 is 2.32 bits per heavy atom. The van der Waals surface area contributed by atoms with Crippen molar-refractivity contribution in [1.29, 1.82) is 0 Å². The van der Waals surface area contributed by atoms with Gasteiger partial charge in [-0.05, 0) is 26.5 Å². The van der Waals surface area contributed by atoms with Crippen molar-refractivity contribution >= 4 is 0 Å². The summed E-state index contributed by atoms with van der Waals surface area (Å²) in [6, 6.07) is 2.31. The van der Waals surface area contributed by atoms with Crippen molar-refractivity contribution in [3.05, 3.63) is 36.0 Å². The minimum absolute atomic E-state index is 0.338. The molecule has 2 aromatic rings. The quantitative estimate of drug-likeness (QED) is 0.834. The Hall–Kier alpha value is -1.75. The SMILES string of the molecule is CCNCc1ccoc1COc1cnn(C(C)C)c1. The second-order valence-electron chi connectivity index (χ2n) is 4.69. The third-order valence-electron chi connectivity index (χ3n) is 2.88. The molecule has 0 atom stereocenters. The topological polar surface area (TPSA) is 52.2 Å². The zero-order valence-corrected chi connectivity index (χ0v) is 11.7. The van der Waals surface area contributed by atoms with Crippen molar-refractivity contribution in [3.63, 3.8) is 0 Å². The van der Waals surface area contributed by atoms with Gasteiger partial charge in [-0.1, -0.05) is 6.92 Å². The molecule has 0 unspecified atom stereocenters. The highest BCUT2D eigenvalue weighted by Gasteiger charge is 2.08. The van der Waals surface area contributed by atoms with Gasteiger partial charge in [0.2, 0.25) is 0 Å². The number of hydrogen-bond donors (Lipinski definition) is 1. The highest BCUT2D eigenvalue weighted by molar-refractivity contribution is 5.18. The fourth-order valence-corrected chi connectivity index (χ4v) is 1.74. The van der Waals surface area contributed by atoms with Gasteiger partial charge in [-0.15, -0.1) is 0 Å². The van der Waals surface area contributed by atoms with Crippen LogP contribution in [0.5, 0.6) is 5.75 Å². The molecule has 0 spiro atoms. The smallest absolute Gasteiger partial charge is 0.157 e. The maximum atomic E-state index is 5.70. The van der Waals surface area contributed by atoms with E-state index in [4.69, 9.17) is 9.15 Å². The monoisotopic (exact) mass is 263 g/mol. The molecule has 5 nitrogen and oxygen atoms in total. The van der Waals surface area contributed by atoms with Crippen LogP contribution in [-0.4, -0.2) is 16.3 Å². The number of hydrogen-bond acceptors (Lipinski definition) is 4. The van der Waals surface area contributed by atoms with Crippen molar-refractivity contribution in [2.45, 2.75) is 40.0 Å². The molecule has 19 heavy (non-hydrogen) atoms. The molecule has 5 heteroatoms. The molecule has 2 heterocycles. The molecule has 0 saturated heterocycles. The van der Waals surface area contributed by atoms with Gasteiger partial charge in [-0.2, -0.15) is 5.10 Å². The van der Waals surface area contributed by atoms with Gasteiger partial charge in [0.15, 0.2) is 5.75 Å². The fraction of sp³-hybridized carbons (Fsp3) is 0.500. The van der Waals surface area contributed by atoms with Gasteiger partial charge in [0, 0.05) is 18.2 Å². The molecule has 0 fully saturated rings. The number of nitrogens with zero attached hydrogens (tertiary/aromatic N) is 2. The molecule has 0 aromatic carbocycles. The average Bonchev–Trinajstić information content (AvgIpc) is 3.02. The molecule has 2 rings (SSSR count). The Kier molecular flexibility index (Phi) is 4.63. The summed E-state index contributed by atoms with van der Waals surface area (Å²) in [6.45, 7) is 8.41. The number of ether oxygens (including phenoxy) is 1. The molecule has 0 aliphatic carbocycles. The number of nitrogens with one attached hydrogen (secondary N) is 1. The van der Waals surface area contributed by atoms with Gasteiger partial charge in [-0.3, -0.25) is 4.68 Å². The van der Waals surface area contributed by atoms with Crippen molar-refractivity contribution in [2.75, 3.05) is 6.54 Å². The average molecular weight is 263 g/mol. The van der Waals surface area contributed by atoms with Gasteiger partial charge in [0.05, 0.1) is 18.7 Å². The highest BCUT2D eigenvalue weighted by Crippen LogP contribution is 2.17. The first-order chi connectivity index (χ1) is 9.20. The highest BCUT2D eigenvalue weighted by atomic mass is 16.5. The number of aromatic nitrogens is 2. The summed E-state index contributed by atoms with van der Waals surface area (Å²) in [4.78, 5) is 0. The molecule has 0 saturated carbocycles. The van der Waals surface area contributed by atoms with E-state index in [2.05, 4.69) is 31.2 Å². The molecule has 0 aliphatic rings. The lowest BCUT2D eigenvalue weighted by Crippen LogP contribution is -2.12. The van der Waals surface area contributed by atoms with Crippen LogP contribution in [0.15, 0.2) is 29.1 Å². The molecule has 104 valence electrons. The zero-order chi connectivity index (χ0) is 13.7. The van der Waals surface area contributed by atoms with Gasteiger partial charge >= 0.3 is 0 Å². The van der Waals surface area contributed by atoms with Crippen LogP contribution in [0.3, 0.4) is 0 Å². The molecular weight excluding hydrogens is 242 g/mol. The van der Waals surface area contributed by atoms with Crippen LogP contribution in [0, 0.1) is 0 Å². The Morgan fingerprint density at radius 1 is 1.47 bits per heavy atom. The minimum atomic E-state index is 0.338. The summed E-state index contributed by atoms with van der Waals surface area (Å²) < 4.78 is 13.0.